The fourth-order valence-corrected chi connectivity index (χ4v) is 3.11. The number of carbonyl (C=O) groups excluding carboxylic acids is 1. The number of rotatable bonds is 8. The zero-order valence-corrected chi connectivity index (χ0v) is 17.0. The van der Waals surface area contributed by atoms with E-state index in [-0.39, 0.29) is 19.1 Å². The summed E-state index contributed by atoms with van der Waals surface area (Å²) in [6.07, 6.45) is 1.40. The van der Waals surface area contributed by atoms with Crippen molar-refractivity contribution in [2.45, 2.75) is 37.0 Å². The zero-order chi connectivity index (χ0) is 21.2. The van der Waals surface area contributed by atoms with Crippen LogP contribution in [0, 0.1) is 23.7 Å². The van der Waals surface area contributed by atoms with E-state index in [9.17, 15) is 13.2 Å². The number of methoxy groups -OCH3 is 1. The summed E-state index contributed by atoms with van der Waals surface area (Å²) in [5.41, 5.74) is 3.01. The molecule has 1 amide bonds. The molecule has 0 aromatic heterocycles. The first kappa shape index (κ1) is 23.7. The van der Waals surface area contributed by atoms with Crippen LogP contribution < -0.4 is 5.48 Å². The summed E-state index contributed by atoms with van der Waals surface area (Å²) < 4.78 is 27.2. The molecule has 3 N–H and O–H groups in total. The molecule has 1 aromatic carbocycles. The van der Waals surface area contributed by atoms with Crippen molar-refractivity contribution < 1.29 is 28.3 Å². The van der Waals surface area contributed by atoms with E-state index in [2.05, 4.69) is 23.7 Å². The van der Waals surface area contributed by atoms with Gasteiger partial charge in [0, 0.05) is 25.3 Å². The van der Waals surface area contributed by atoms with Crippen molar-refractivity contribution >= 4 is 15.7 Å². The normalized spacial score (nSPS) is 13.9. The van der Waals surface area contributed by atoms with Gasteiger partial charge < -0.3 is 9.84 Å². The van der Waals surface area contributed by atoms with Crippen molar-refractivity contribution in [3.05, 3.63) is 35.4 Å². The Hall–Kier alpha value is -2.36. The number of benzene rings is 1. The van der Waals surface area contributed by atoms with Gasteiger partial charge in [-0.15, -0.1) is 0 Å². The molecule has 0 aliphatic heterocycles. The topological polar surface area (TPSA) is 113 Å². The summed E-state index contributed by atoms with van der Waals surface area (Å²) in [7, 11) is -2.21. The van der Waals surface area contributed by atoms with Crippen molar-refractivity contribution in [1.29, 1.82) is 0 Å². The van der Waals surface area contributed by atoms with E-state index in [1.54, 1.807) is 24.3 Å². The Balaban J connectivity index is 2.75. The van der Waals surface area contributed by atoms with Gasteiger partial charge in [-0.05, 0) is 49.3 Å². The van der Waals surface area contributed by atoms with Gasteiger partial charge in [-0.2, -0.15) is 0 Å². The van der Waals surface area contributed by atoms with E-state index in [0.29, 0.717) is 12.8 Å². The highest BCUT2D eigenvalue weighted by Crippen LogP contribution is 2.23. The minimum absolute atomic E-state index is 0.0280. The molecule has 1 rings (SSSR count). The lowest BCUT2D eigenvalue weighted by atomic mass is 9.99. The number of nitrogens with one attached hydrogen (secondary N) is 1. The van der Waals surface area contributed by atoms with Gasteiger partial charge in [-0.3, -0.25) is 10.0 Å². The van der Waals surface area contributed by atoms with Crippen LogP contribution in [0.25, 0.3) is 0 Å². The van der Waals surface area contributed by atoms with E-state index in [0.717, 1.165) is 17.4 Å². The van der Waals surface area contributed by atoms with Crippen LogP contribution in [0.4, 0.5) is 0 Å². The zero-order valence-electron chi connectivity index (χ0n) is 16.2. The van der Waals surface area contributed by atoms with Gasteiger partial charge >= 0.3 is 0 Å². The molecular weight excluding hydrogens is 382 g/mol. The largest absolute Gasteiger partial charge is 0.394 e. The number of carbonyl (C=O) groups is 1. The third-order valence-electron chi connectivity index (χ3n) is 4.47. The second-order valence-corrected chi connectivity index (χ2v) is 8.88. The Morgan fingerprint density at radius 1 is 1.29 bits per heavy atom. The molecule has 0 saturated heterocycles. The number of sulfone groups is 1. The maximum atomic E-state index is 12.0. The molecule has 2 unspecified atom stereocenters. The average molecular weight is 407 g/mol. The molecule has 0 saturated carbocycles. The maximum Gasteiger partial charge on any atom is 0.264 e. The number of amides is 1. The predicted molar refractivity (Wildman–Crippen MR) is 105 cm³/mol. The lowest BCUT2D eigenvalue weighted by molar-refractivity contribution is -0.131. The first-order valence-corrected chi connectivity index (χ1v) is 10.4. The Kier molecular flexibility index (Phi) is 9.17. The van der Waals surface area contributed by atoms with E-state index in [1.165, 1.54) is 19.5 Å². The summed E-state index contributed by atoms with van der Waals surface area (Å²) in [5.74, 6) is 10.2. The first-order valence-electron chi connectivity index (χ1n) is 8.53. The molecule has 2 atom stereocenters. The van der Waals surface area contributed by atoms with Gasteiger partial charge in [0.2, 0.25) is 0 Å². The Morgan fingerprint density at radius 2 is 1.93 bits per heavy atom. The van der Waals surface area contributed by atoms with Crippen molar-refractivity contribution in [1.82, 2.24) is 5.48 Å². The van der Waals surface area contributed by atoms with Gasteiger partial charge in [0.25, 0.3) is 5.91 Å². The molecule has 0 radical (unpaired) electrons. The second-order valence-electron chi connectivity index (χ2n) is 6.44. The summed E-state index contributed by atoms with van der Waals surface area (Å²) in [6.45, 7) is 1.19. The molecule has 28 heavy (non-hydrogen) atoms. The fourth-order valence-electron chi connectivity index (χ4n) is 2.26. The van der Waals surface area contributed by atoms with Crippen LogP contribution in [-0.2, 0) is 25.8 Å². The molecule has 0 aliphatic rings. The van der Waals surface area contributed by atoms with Crippen molar-refractivity contribution in [2.75, 3.05) is 20.0 Å². The van der Waals surface area contributed by atoms with Gasteiger partial charge in [0.05, 0.1) is 12.7 Å². The molecule has 0 aliphatic carbocycles. The summed E-state index contributed by atoms with van der Waals surface area (Å²) in [4.78, 5) is 11.8. The minimum atomic E-state index is -3.72. The number of hydrogen-bond acceptors (Lipinski definition) is 6. The minimum Gasteiger partial charge on any atom is -0.394 e. The van der Waals surface area contributed by atoms with Crippen LogP contribution in [0.5, 0.6) is 0 Å². The number of aryl methyl sites for hydroxylation is 1. The van der Waals surface area contributed by atoms with E-state index in [1.807, 2.05) is 0 Å². The molecule has 1 aromatic rings. The summed E-state index contributed by atoms with van der Waals surface area (Å²) >= 11 is 0. The number of ether oxygens (including phenoxy) is 1. The quantitative estimate of drug-likeness (QED) is 0.332. The van der Waals surface area contributed by atoms with Gasteiger partial charge in [0.15, 0.2) is 9.84 Å². The molecule has 0 spiro atoms. The van der Waals surface area contributed by atoms with Gasteiger partial charge in [-0.1, -0.05) is 24.0 Å². The highest BCUT2D eigenvalue weighted by atomic mass is 32.2. The number of hydrogen-bond donors (Lipinski definition) is 3. The number of aliphatic hydroxyl groups excluding tert-OH is 1. The van der Waals surface area contributed by atoms with Crippen LogP contribution in [0.2, 0.25) is 0 Å². The van der Waals surface area contributed by atoms with Crippen LogP contribution in [0.3, 0.4) is 0 Å². The highest BCUT2D eigenvalue weighted by molar-refractivity contribution is 7.92. The maximum absolute atomic E-state index is 12.0. The number of aliphatic hydroxyl groups is 1. The Bertz CT molecular complexity index is 883. The van der Waals surface area contributed by atoms with E-state index in [4.69, 9.17) is 15.1 Å². The van der Waals surface area contributed by atoms with Gasteiger partial charge in [-0.25, -0.2) is 13.9 Å². The molecule has 0 fully saturated rings. The van der Waals surface area contributed by atoms with Gasteiger partial charge in [0.1, 0.15) is 4.75 Å². The van der Waals surface area contributed by atoms with Crippen LogP contribution in [0.1, 0.15) is 30.9 Å². The lowest BCUT2D eigenvalue weighted by Gasteiger charge is -2.25. The fraction of sp³-hybridized carbons (Fsp3) is 0.450. The third kappa shape index (κ3) is 6.66. The van der Waals surface area contributed by atoms with Crippen molar-refractivity contribution in [3.63, 3.8) is 0 Å². The lowest BCUT2D eigenvalue weighted by Crippen LogP contribution is -2.49. The molecule has 7 nitrogen and oxygen atoms in total. The molecule has 0 bridgehead atoms. The highest BCUT2D eigenvalue weighted by Gasteiger charge is 2.43. The SMILES string of the molecule is COC(CO)CC#CC#Cc1ccc(CCC(C)(C(=O)NO)S(C)(=O)=O)cc1. The Morgan fingerprint density at radius 3 is 2.43 bits per heavy atom. The predicted octanol–water partition coefficient (Wildman–Crippen LogP) is 0.680. The summed E-state index contributed by atoms with van der Waals surface area (Å²) in [6, 6.07) is 7.15. The van der Waals surface area contributed by atoms with Crippen LogP contribution in [0.15, 0.2) is 24.3 Å². The standard InChI is InChI=1S/C20H25NO6S/c1-20(19(23)21-24,28(3,25)26)14-13-17-11-9-16(10-12-17)7-5-4-6-8-18(15-22)27-2/h9-12,18,22,24H,8,13-15H2,1-3H3,(H,21,23). The second kappa shape index (κ2) is 10.8. The Labute approximate surface area is 166 Å². The molecule has 152 valence electrons. The molecule has 0 heterocycles. The van der Waals surface area contributed by atoms with Crippen LogP contribution >= 0.6 is 0 Å². The first-order chi connectivity index (χ1) is 13.2. The van der Waals surface area contributed by atoms with Crippen LogP contribution in [-0.4, -0.2) is 55.5 Å². The average Bonchev–Trinajstić information content (AvgIpc) is 2.68. The molecule has 8 heteroatoms. The van der Waals surface area contributed by atoms with E-state index >= 15 is 0 Å². The summed E-state index contributed by atoms with van der Waals surface area (Å²) in [5, 5.41) is 17.8. The molecular formula is C20H25NO6S. The third-order valence-corrected chi connectivity index (χ3v) is 6.50. The van der Waals surface area contributed by atoms with E-state index < -0.39 is 20.5 Å². The smallest absolute Gasteiger partial charge is 0.264 e. The number of hydroxylamine groups is 1. The van der Waals surface area contributed by atoms with Crippen molar-refractivity contribution in [2.24, 2.45) is 0 Å². The monoisotopic (exact) mass is 407 g/mol. The van der Waals surface area contributed by atoms with Crippen molar-refractivity contribution in [3.8, 4) is 23.7 Å².